The van der Waals surface area contributed by atoms with Crippen molar-refractivity contribution in [2.24, 2.45) is 5.41 Å². The molecule has 0 fully saturated rings. The Morgan fingerprint density at radius 3 is 2.38 bits per heavy atom. The van der Waals surface area contributed by atoms with E-state index in [1.165, 1.54) is 0 Å². The second kappa shape index (κ2) is 6.68. The van der Waals surface area contributed by atoms with Gasteiger partial charge in [0.2, 0.25) is 5.91 Å². The molecule has 3 N–H and O–H groups in total. The molecule has 1 amide bonds. The van der Waals surface area contributed by atoms with Crippen LogP contribution < -0.4 is 11.1 Å². The van der Waals surface area contributed by atoms with E-state index < -0.39 is 5.41 Å². The predicted molar refractivity (Wildman–Crippen MR) is 90.4 cm³/mol. The van der Waals surface area contributed by atoms with E-state index in [1.54, 1.807) is 11.8 Å². The number of nitrogens with two attached hydrogens (primary N) is 1. The van der Waals surface area contributed by atoms with Crippen LogP contribution in [0.25, 0.3) is 0 Å². The average Bonchev–Trinajstić information content (AvgIpc) is 2.47. The van der Waals surface area contributed by atoms with E-state index in [-0.39, 0.29) is 5.91 Å². The molecular formula is C17H20N2OS. The van der Waals surface area contributed by atoms with E-state index in [1.807, 2.05) is 68.4 Å². The maximum atomic E-state index is 12.4. The molecule has 0 spiro atoms. The fourth-order valence-electron chi connectivity index (χ4n) is 1.76. The third-order valence-corrected chi connectivity index (χ3v) is 4.70. The van der Waals surface area contributed by atoms with Crippen molar-refractivity contribution < 1.29 is 4.79 Å². The van der Waals surface area contributed by atoms with Gasteiger partial charge in [0.05, 0.1) is 5.41 Å². The Morgan fingerprint density at radius 2 is 1.71 bits per heavy atom. The Kier molecular flexibility index (Phi) is 4.91. The number of carbonyl (C=O) groups is 1. The highest BCUT2D eigenvalue weighted by atomic mass is 32.2. The summed E-state index contributed by atoms with van der Waals surface area (Å²) in [5.41, 5.74) is 7.02. The zero-order valence-electron chi connectivity index (χ0n) is 12.3. The van der Waals surface area contributed by atoms with Crippen LogP contribution in [0.3, 0.4) is 0 Å². The van der Waals surface area contributed by atoms with Crippen LogP contribution in [0.4, 0.5) is 11.4 Å². The molecule has 2 aromatic rings. The highest BCUT2D eigenvalue weighted by molar-refractivity contribution is 7.99. The van der Waals surface area contributed by atoms with Gasteiger partial charge in [-0.05, 0) is 24.3 Å². The average molecular weight is 300 g/mol. The van der Waals surface area contributed by atoms with Gasteiger partial charge >= 0.3 is 0 Å². The summed E-state index contributed by atoms with van der Waals surface area (Å²) in [6.45, 7) is 3.88. The smallest absolute Gasteiger partial charge is 0.230 e. The minimum atomic E-state index is -0.483. The van der Waals surface area contributed by atoms with E-state index in [0.717, 1.165) is 16.3 Å². The number of carbonyl (C=O) groups excluding carboxylic acids is 1. The number of amides is 1. The fraction of sp³-hybridized carbons (Fsp3) is 0.235. The Bertz CT molecular complexity index is 611. The molecule has 21 heavy (non-hydrogen) atoms. The zero-order valence-corrected chi connectivity index (χ0v) is 13.1. The van der Waals surface area contributed by atoms with Crippen LogP contribution in [0.5, 0.6) is 0 Å². The Hall–Kier alpha value is -1.94. The van der Waals surface area contributed by atoms with Gasteiger partial charge in [-0.2, -0.15) is 0 Å². The highest BCUT2D eigenvalue weighted by Crippen LogP contribution is 2.31. The first-order valence-electron chi connectivity index (χ1n) is 6.83. The number of hydrogen-bond acceptors (Lipinski definition) is 3. The Balaban J connectivity index is 1.98. The van der Waals surface area contributed by atoms with Gasteiger partial charge in [0.1, 0.15) is 0 Å². The largest absolute Gasteiger partial charge is 0.398 e. The van der Waals surface area contributed by atoms with Gasteiger partial charge in [0, 0.05) is 22.0 Å². The number of nitrogens with one attached hydrogen (secondary N) is 1. The molecule has 0 atom stereocenters. The minimum absolute atomic E-state index is 0.00991. The molecule has 0 aromatic heterocycles. The predicted octanol–water partition coefficient (Wildman–Crippen LogP) is 4.03. The molecule has 0 aliphatic carbocycles. The standard InChI is InChI=1S/C17H20N2OS/c1-17(2,12-21-15-11-7-6-10-14(15)18)16(20)19-13-8-4-3-5-9-13/h3-11H,12,18H2,1-2H3,(H,19,20). The Morgan fingerprint density at radius 1 is 1.10 bits per heavy atom. The van der Waals surface area contributed by atoms with E-state index >= 15 is 0 Å². The van der Waals surface area contributed by atoms with Crippen molar-refractivity contribution >= 4 is 29.0 Å². The van der Waals surface area contributed by atoms with Crippen molar-refractivity contribution in [3.8, 4) is 0 Å². The van der Waals surface area contributed by atoms with Crippen LogP contribution in [-0.2, 0) is 4.79 Å². The third kappa shape index (κ3) is 4.26. The lowest BCUT2D eigenvalue weighted by Crippen LogP contribution is -2.32. The van der Waals surface area contributed by atoms with E-state index in [0.29, 0.717) is 5.75 Å². The molecule has 0 saturated carbocycles. The first kappa shape index (κ1) is 15.4. The van der Waals surface area contributed by atoms with Gasteiger partial charge in [-0.15, -0.1) is 11.8 Å². The summed E-state index contributed by atoms with van der Waals surface area (Å²) < 4.78 is 0. The molecule has 2 aromatic carbocycles. The summed E-state index contributed by atoms with van der Waals surface area (Å²) in [5.74, 6) is 0.676. The second-order valence-corrected chi connectivity index (χ2v) is 6.55. The van der Waals surface area contributed by atoms with Crippen molar-refractivity contribution in [1.29, 1.82) is 0 Å². The van der Waals surface area contributed by atoms with E-state index in [2.05, 4.69) is 5.32 Å². The maximum absolute atomic E-state index is 12.4. The lowest BCUT2D eigenvalue weighted by Gasteiger charge is -2.23. The Labute approximate surface area is 129 Å². The molecule has 3 nitrogen and oxygen atoms in total. The van der Waals surface area contributed by atoms with Gasteiger partial charge < -0.3 is 11.1 Å². The van der Waals surface area contributed by atoms with Crippen molar-refractivity contribution in [3.05, 3.63) is 54.6 Å². The van der Waals surface area contributed by atoms with E-state index in [9.17, 15) is 4.79 Å². The molecule has 0 heterocycles. The molecule has 0 saturated heterocycles. The van der Waals surface area contributed by atoms with Crippen molar-refractivity contribution in [3.63, 3.8) is 0 Å². The van der Waals surface area contributed by atoms with Gasteiger partial charge in [0.25, 0.3) is 0 Å². The zero-order chi connectivity index (χ0) is 15.3. The molecule has 0 unspecified atom stereocenters. The normalized spacial score (nSPS) is 11.1. The minimum Gasteiger partial charge on any atom is -0.398 e. The summed E-state index contributed by atoms with van der Waals surface area (Å²) in [7, 11) is 0. The van der Waals surface area contributed by atoms with Crippen LogP contribution in [0.15, 0.2) is 59.5 Å². The van der Waals surface area contributed by atoms with Crippen molar-refractivity contribution in [2.75, 3.05) is 16.8 Å². The topological polar surface area (TPSA) is 55.1 Å². The molecule has 0 bridgehead atoms. The molecule has 0 aliphatic heterocycles. The van der Waals surface area contributed by atoms with Crippen LogP contribution in [-0.4, -0.2) is 11.7 Å². The van der Waals surface area contributed by atoms with Crippen LogP contribution in [0.1, 0.15) is 13.8 Å². The maximum Gasteiger partial charge on any atom is 0.230 e. The lowest BCUT2D eigenvalue weighted by molar-refractivity contribution is -0.122. The van der Waals surface area contributed by atoms with Gasteiger partial charge in [0.15, 0.2) is 0 Å². The number of hydrogen-bond donors (Lipinski definition) is 2. The summed E-state index contributed by atoms with van der Waals surface area (Å²) in [4.78, 5) is 13.4. The van der Waals surface area contributed by atoms with Gasteiger partial charge in [-0.1, -0.05) is 44.2 Å². The second-order valence-electron chi connectivity index (χ2n) is 5.53. The summed E-state index contributed by atoms with van der Waals surface area (Å²) in [6, 6.07) is 17.2. The number of nitrogen functional groups attached to an aromatic ring is 1. The molecule has 2 rings (SSSR count). The van der Waals surface area contributed by atoms with Crippen molar-refractivity contribution in [2.45, 2.75) is 18.7 Å². The summed E-state index contributed by atoms with van der Waals surface area (Å²) >= 11 is 1.61. The highest BCUT2D eigenvalue weighted by Gasteiger charge is 2.28. The van der Waals surface area contributed by atoms with E-state index in [4.69, 9.17) is 5.73 Å². The molecule has 0 aliphatic rings. The molecule has 4 heteroatoms. The number of rotatable bonds is 5. The molecule has 0 radical (unpaired) electrons. The number of benzene rings is 2. The number of thioether (sulfide) groups is 1. The first-order chi connectivity index (χ1) is 9.99. The number of anilines is 2. The third-order valence-electron chi connectivity index (χ3n) is 3.15. The SMILES string of the molecule is CC(C)(CSc1ccccc1N)C(=O)Nc1ccccc1. The summed E-state index contributed by atoms with van der Waals surface area (Å²) in [5, 5.41) is 2.95. The first-order valence-corrected chi connectivity index (χ1v) is 7.81. The molecular weight excluding hydrogens is 280 g/mol. The van der Waals surface area contributed by atoms with Gasteiger partial charge in [-0.3, -0.25) is 4.79 Å². The lowest BCUT2D eigenvalue weighted by atomic mass is 9.95. The van der Waals surface area contributed by atoms with Crippen LogP contribution in [0, 0.1) is 5.41 Å². The quantitative estimate of drug-likeness (QED) is 0.647. The molecule has 110 valence electrons. The van der Waals surface area contributed by atoms with Crippen LogP contribution in [0.2, 0.25) is 0 Å². The van der Waals surface area contributed by atoms with Crippen molar-refractivity contribution in [1.82, 2.24) is 0 Å². The van der Waals surface area contributed by atoms with Crippen LogP contribution >= 0.6 is 11.8 Å². The summed E-state index contributed by atoms with van der Waals surface area (Å²) in [6.07, 6.45) is 0. The number of para-hydroxylation sites is 2. The van der Waals surface area contributed by atoms with Gasteiger partial charge in [-0.25, -0.2) is 0 Å². The monoisotopic (exact) mass is 300 g/mol. The fourth-order valence-corrected chi connectivity index (χ4v) is 2.81.